The third-order valence-corrected chi connectivity index (χ3v) is 12.3. The molecule has 0 unspecified atom stereocenters. The predicted molar refractivity (Wildman–Crippen MR) is 225 cm³/mol. The van der Waals surface area contributed by atoms with E-state index in [9.17, 15) is 0 Å². The van der Waals surface area contributed by atoms with Gasteiger partial charge in [-0.2, -0.15) is 0 Å². The number of para-hydroxylation sites is 2. The Bertz CT molecular complexity index is 3150. The average molecular weight is 687 g/mol. The standard InChI is InChI=1S/C52H34N2/c1-2-48-53-46-25-13-14-26-47(46)54(48)33-29-27-32(28-30-33)42-31-45-49(39-20-6-4-17-36(39)42)50-40-21-7-3-15-34(40)35-16-5-8-22-41(35)51(50)52(45)43-23-11-9-18-37(43)38-19-10-12-24-44(38)52/h3-31H,2H2,1H3. The molecule has 9 aromatic carbocycles. The van der Waals surface area contributed by atoms with E-state index < -0.39 is 5.41 Å². The van der Waals surface area contributed by atoms with Crippen LogP contribution in [0.3, 0.4) is 0 Å². The monoisotopic (exact) mass is 686 g/mol. The summed E-state index contributed by atoms with van der Waals surface area (Å²) in [5.74, 6) is 1.07. The number of nitrogens with zero attached hydrogens (tertiary/aromatic N) is 2. The predicted octanol–water partition coefficient (Wildman–Crippen LogP) is 13.1. The van der Waals surface area contributed by atoms with Crippen LogP contribution in [0.25, 0.3) is 82.4 Å². The fraction of sp³-hybridized carbons (Fsp3) is 0.0577. The highest BCUT2D eigenvalue weighted by molar-refractivity contribution is 6.24. The minimum Gasteiger partial charge on any atom is -0.296 e. The second-order valence-corrected chi connectivity index (χ2v) is 14.8. The van der Waals surface area contributed by atoms with Crippen molar-refractivity contribution in [3.8, 4) is 39.1 Å². The van der Waals surface area contributed by atoms with Crippen LogP contribution in [0, 0.1) is 0 Å². The molecule has 0 fully saturated rings. The quantitative estimate of drug-likeness (QED) is 0.169. The van der Waals surface area contributed by atoms with Gasteiger partial charge in [0.05, 0.1) is 16.4 Å². The number of imidazole rings is 1. The van der Waals surface area contributed by atoms with Crippen LogP contribution >= 0.6 is 0 Å². The van der Waals surface area contributed by atoms with E-state index in [2.05, 4.69) is 187 Å². The first-order chi connectivity index (χ1) is 26.8. The number of aryl methyl sites for hydroxylation is 1. The number of fused-ring (bicyclic) bond motifs is 18. The molecular weight excluding hydrogens is 653 g/mol. The van der Waals surface area contributed by atoms with Gasteiger partial charge in [0.25, 0.3) is 0 Å². The summed E-state index contributed by atoms with van der Waals surface area (Å²) in [6, 6.07) is 65.7. The van der Waals surface area contributed by atoms with E-state index in [1.807, 2.05) is 0 Å². The number of aromatic nitrogens is 2. The van der Waals surface area contributed by atoms with Gasteiger partial charge in [-0.3, -0.25) is 4.57 Å². The lowest BCUT2D eigenvalue weighted by Gasteiger charge is -2.32. The fourth-order valence-corrected chi connectivity index (χ4v) is 10.3. The highest BCUT2D eigenvalue weighted by Gasteiger charge is 2.53. The smallest absolute Gasteiger partial charge is 0.114 e. The first-order valence-electron chi connectivity index (χ1n) is 19.0. The van der Waals surface area contributed by atoms with Crippen LogP contribution in [0.1, 0.15) is 35.0 Å². The first kappa shape index (κ1) is 29.8. The summed E-state index contributed by atoms with van der Waals surface area (Å²) in [7, 11) is 0. The molecule has 1 aromatic heterocycles. The minimum atomic E-state index is -0.494. The van der Waals surface area contributed by atoms with E-state index in [1.165, 1.54) is 88.0 Å². The van der Waals surface area contributed by atoms with Crippen molar-refractivity contribution in [1.29, 1.82) is 0 Å². The Balaban J connectivity index is 1.22. The van der Waals surface area contributed by atoms with Crippen LogP contribution in [0.2, 0.25) is 0 Å². The fourth-order valence-electron chi connectivity index (χ4n) is 10.3. The maximum absolute atomic E-state index is 4.97. The molecule has 2 aliphatic rings. The van der Waals surface area contributed by atoms with Gasteiger partial charge >= 0.3 is 0 Å². The molecule has 0 amide bonds. The molecule has 10 aromatic rings. The Labute approximate surface area is 313 Å². The SMILES string of the molecule is CCc1nc2ccccc2n1-c1ccc(-c2cc3c(c4ccccc24)-c2c(c4ccccc4c4ccccc24)C32c3ccccc3-c3ccccc32)cc1. The van der Waals surface area contributed by atoms with Crippen LogP contribution < -0.4 is 0 Å². The molecule has 0 radical (unpaired) electrons. The van der Waals surface area contributed by atoms with Gasteiger partial charge < -0.3 is 0 Å². The van der Waals surface area contributed by atoms with Gasteiger partial charge in [-0.1, -0.05) is 153 Å². The van der Waals surface area contributed by atoms with E-state index in [4.69, 9.17) is 4.98 Å². The molecule has 0 bridgehead atoms. The van der Waals surface area contributed by atoms with Crippen molar-refractivity contribution in [1.82, 2.24) is 9.55 Å². The van der Waals surface area contributed by atoms with Gasteiger partial charge in [-0.05, 0) is 118 Å². The zero-order valence-electron chi connectivity index (χ0n) is 29.8. The lowest BCUT2D eigenvalue weighted by molar-refractivity contribution is 0.803. The normalized spacial score (nSPS) is 13.5. The topological polar surface area (TPSA) is 17.8 Å². The van der Waals surface area contributed by atoms with Gasteiger partial charge in [0, 0.05) is 12.1 Å². The van der Waals surface area contributed by atoms with E-state index in [0.717, 1.165) is 29.0 Å². The summed E-state index contributed by atoms with van der Waals surface area (Å²) in [6.45, 7) is 2.18. The number of hydrogen-bond donors (Lipinski definition) is 0. The van der Waals surface area contributed by atoms with E-state index in [-0.39, 0.29) is 0 Å². The van der Waals surface area contributed by atoms with Gasteiger partial charge in [-0.15, -0.1) is 0 Å². The molecule has 0 N–H and O–H groups in total. The van der Waals surface area contributed by atoms with Crippen LogP contribution in [0.4, 0.5) is 0 Å². The minimum absolute atomic E-state index is 0.494. The molecule has 0 aliphatic heterocycles. The van der Waals surface area contributed by atoms with E-state index >= 15 is 0 Å². The summed E-state index contributed by atoms with van der Waals surface area (Å²) < 4.78 is 2.31. The Kier molecular flexibility index (Phi) is 6.00. The molecule has 2 aliphatic carbocycles. The van der Waals surface area contributed by atoms with Crippen LogP contribution in [0.5, 0.6) is 0 Å². The number of hydrogen-bond acceptors (Lipinski definition) is 1. The summed E-state index contributed by atoms with van der Waals surface area (Å²) in [5, 5.41) is 7.81. The van der Waals surface area contributed by atoms with Gasteiger partial charge in [0.15, 0.2) is 0 Å². The Morgan fingerprint density at radius 2 is 1.00 bits per heavy atom. The highest BCUT2D eigenvalue weighted by Crippen LogP contribution is 2.66. The number of rotatable bonds is 3. The molecule has 2 nitrogen and oxygen atoms in total. The van der Waals surface area contributed by atoms with Crippen molar-refractivity contribution in [3.63, 3.8) is 0 Å². The summed E-state index contributed by atoms with van der Waals surface area (Å²) >= 11 is 0. The molecule has 0 saturated heterocycles. The molecule has 1 spiro atoms. The number of benzene rings is 9. The van der Waals surface area contributed by atoms with Crippen LogP contribution in [-0.4, -0.2) is 9.55 Å². The van der Waals surface area contributed by atoms with Crippen molar-refractivity contribution in [2.75, 3.05) is 0 Å². The second-order valence-electron chi connectivity index (χ2n) is 14.8. The molecular formula is C52H34N2. The highest BCUT2D eigenvalue weighted by atomic mass is 15.1. The lowest BCUT2D eigenvalue weighted by atomic mass is 9.68. The zero-order valence-corrected chi connectivity index (χ0v) is 29.8. The maximum atomic E-state index is 4.97. The third kappa shape index (κ3) is 3.67. The average Bonchev–Trinajstić information content (AvgIpc) is 3.88. The van der Waals surface area contributed by atoms with Gasteiger partial charge in [-0.25, -0.2) is 4.98 Å². The van der Waals surface area contributed by atoms with Crippen LogP contribution in [-0.2, 0) is 11.8 Å². The Hall–Kier alpha value is -6.77. The molecule has 1 heterocycles. The molecule has 252 valence electrons. The van der Waals surface area contributed by atoms with Crippen molar-refractivity contribution in [3.05, 3.63) is 204 Å². The van der Waals surface area contributed by atoms with E-state index in [1.54, 1.807) is 0 Å². The Morgan fingerprint density at radius 1 is 0.463 bits per heavy atom. The van der Waals surface area contributed by atoms with Crippen molar-refractivity contribution < 1.29 is 0 Å². The van der Waals surface area contributed by atoms with Crippen molar-refractivity contribution in [2.24, 2.45) is 0 Å². The molecule has 12 rings (SSSR count). The van der Waals surface area contributed by atoms with Crippen molar-refractivity contribution >= 4 is 43.4 Å². The largest absolute Gasteiger partial charge is 0.296 e. The maximum Gasteiger partial charge on any atom is 0.114 e. The Morgan fingerprint density at radius 3 is 1.69 bits per heavy atom. The summed E-state index contributed by atoms with van der Waals surface area (Å²) in [6.07, 6.45) is 0.862. The van der Waals surface area contributed by atoms with E-state index in [0.29, 0.717) is 0 Å². The lowest BCUT2D eigenvalue weighted by Crippen LogP contribution is -2.26. The summed E-state index contributed by atoms with van der Waals surface area (Å²) in [5.41, 5.74) is 16.1. The molecule has 2 heteroatoms. The second kappa shape index (κ2) is 10.9. The zero-order chi connectivity index (χ0) is 35.5. The summed E-state index contributed by atoms with van der Waals surface area (Å²) in [4.78, 5) is 4.97. The molecule has 0 saturated carbocycles. The van der Waals surface area contributed by atoms with Crippen LogP contribution in [0.15, 0.2) is 176 Å². The van der Waals surface area contributed by atoms with Crippen molar-refractivity contribution in [2.45, 2.75) is 18.8 Å². The first-order valence-corrected chi connectivity index (χ1v) is 19.0. The van der Waals surface area contributed by atoms with Gasteiger partial charge in [0.1, 0.15) is 5.82 Å². The molecule has 0 atom stereocenters. The molecule has 54 heavy (non-hydrogen) atoms. The van der Waals surface area contributed by atoms with Gasteiger partial charge in [0.2, 0.25) is 0 Å². The third-order valence-electron chi connectivity index (χ3n) is 12.3.